The van der Waals surface area contributed by atoms with Crippen molar-refractivity contribution in [3.63, 3.8) is 0 Å². The average molecular weight is 213 g/mol. The lowest BCUT2D eigenvalue weighted by Crippen LogP contribution is -1.99. The number of aryl methyl sites for hydroxylation is 2. The van der Waals surface area contributed by atoms with E-state index < -0.39 is 0 Å². The molecule has 0 spiro atoms. The Morgan fingerprint density at radius 1 is 1.19 bits per heavy atom. The van der Waals surface area contributed by atoms with Gasteiger partial charge in [-0.15, -0.1) is 0 Å². The van der Waals surface area contributed by atoms with Gasteiger partial charge in [0.2, 0.25) is 0 Å². The maximum absolute atomic E-state index is 4.32. The number of hydrogen-bond donors (Lipinski definition) is 1. The maximum Gasteiger partial charge on any atom is 0.151 e. The zero-order valence-electron chi connectivity index (χ0n) is 9.10. The fraction of sp³-hybridized carbons (Fsp3) is 0.182. The summed E-state index contributed by atoms with van der Waals surface area (Å²) < 4.78 is 1.96. The molecule has 5 heteroatoms. The van der Waals surface area contributed by atoms with Crippen LogP contribution in [0, 0.1) is 13.8 Å². The van der Waals surface area contributed by atoms with Gasteiger partial charge in [-0.05, 0) is 19.9 Å². The molecule has 0 aliphatic heterocycles. The first-order chi connectivity index (χ1) is 7.75. The zero-order chi connectivity index (χ0) is 11.1. The second kappa shape index (κ2) is 3.16. The highest BCUT2D eigenvalue weighted by Crippen LogP contribution is 2.19. The summed E-state index contributed by atoms with van der Waals surface area (Å²) in [6.07, 6.45) is 5.23. The van der Waals surface area contributed by atoms with Crippen LogP contribution in [0.15, 0.2) is 24.8 Å². The Morgan fingerprint density at radius 2 is 2.06 bits per heavy atom. The second-order valence-electron chi connectivity index (χ2n) is 3.76. The van der Waals surface area contributed by atoms with Crippen LogP contribution in [0.25, 0.3) is 16.9 Å². The van der Waals surface area contributed by atoms with Gasteiger partial charge >= 0.3 is 0 Å². The number of imidazole rings is 1. The highest BCUT2D eigenvalue weighted by atomic mass is 15.1. The van der Waals surface area contributed by atoms with Gasteiger partial charge in [-0.1, -0.05) is 0 Å². The third-order valence-corrected chi connectivity index (χ3v) is 2.59. The molecule has 3 heterocycles. The van der Waals surface area contributed by atoms with Crippen LogP contribution in [0.5, 0.6) is 0 Å². The van der Waals surface area contributed by atoms with E-state index in [1.54, 1.807) is 12.5 Å². The number of nitrogens with zero attached hydrogens (tertiary/aromatic N) is 4. The SMILES string of the molecule is Cc1cc2c(-n3ccnc3C)ncnc2[nH]1. The Bertz CT molecular complexity index is 649. The molecule has 0 aromatic carbocycles. The summed E-state index contributed by atoms with van der Waals surface area (Å²) in [5.74, 6) is 1.78. The molecule has 1 N–H and O–H groups in total. The van der Waals surface area contributed by atoms with Crippen molar-refractivity contribution in [1.29, 1.82) is 0 Å². The Kier molecular flexibility index (Phi) is 1.80. The highest BCUT2D eigenvalue weighted by molar-refractivity contribution is 5.83. The first-order valence-corrected chi connectivity index (χ1v) is 5.06. The number of fused-ring (bicyclic) bond motifs is 1. The van der Waals surface area contributed by atoms with Crippen molar-refractivity contribution < 1.29 is 0 Å². The lowest BCUT2D eigenvalue weighted by Gasteiger charge is -2.03. The van der Waals surface area contributed by atoms with E-state index >= 15 is 0 Å². The molecule has 3 aromatic heterocycles. The molecule has 0 aliphatic rings. The van der Waals surface area contributed by atoms with Crippen molar-refractivity contribution in [2.24, 2.45) is 0 Å². The van der Waals surface area contributed by atoms with E-state index in [0.29, 0.717) is 0 Å². The number of hydrogen-bond acceptors (Lipinski definition) is 3. The molecule has 0 saturated heterocycles. The molecule has 0 bridgehead atoms. The van der Waals surface area contributed by atoms with Crippen molar-refractivity contribution >= 4 is 11.0 Å². The van der Waals surface area contributed by atoms with Crippen molar-refractivity contribution in [3.05, 3.63) is 36.3 Å². The summed E-state index contributed by atoms with van der Waals surface area (Å²) >= 11 is 0. The normalized spacial score (nSPS) is 11.1. The molecule has 0 saturated carbocycles. The molecule has 80 valence electrons. The van der Waals surface area contributed by atoms with Crippen LogP contribution in [-0.4, -0.2) is 24.5 Å². The van der Waals surface area contributed by atoms with Gasteiger partial charge in [-0.25, -0.2) is 15.0 Å². The number of H-pyrrole nitrogens is 1. The van der Waals surface area contributed by atoms with Gasteiger partial charge in [-0.2, -0.15) is 0 Å². The van der Waals surface area contributed by atoms with Crippen LogP contribution in [-0.2, 0) is 0 Å². The number of rotatable bonds is 1. The van der Waals surface area contributed by atoms with Crippen LogP contribution in [0.1, 0.15) is 11.5 Å². The summed E-state index contributed by atoms with van der Waals surface area (Å²) in [6.45, 7) is 3.96. The van der Waals surface area contributed by atoms with Crippen LogP contribution in [0.2, 0.25) is 0 Å². The lowest BCUT2D eigenvalue weighted by molar-refractivity contribution is 0.935. The first kappa shape index (κ1) is 9.08. The van der Waals surface area contributed by atoms with Crippen molar-refractivity contribution in [1.82, 2.24) is 24.5 Å². The van der Waals surface area contributed by atoms with Crippen LogP contribution < -0.4 is 0 Å². The lowest BCUT2D eigenvalue weighted by atomic mass is 10.3. The summed E-state index contributed by atoms with van der Waals surface area (Å²) in [5.41, 5.74) is 1.94. The van der Waals surface area contributed by atoms with Crippen LogP contribution in [0.4, 0.5) is 0 Å². The molecule has 0 amide bonds. The molecular formula is C11H11N5. The smallest absolute Gasteiger partial charge is 0.151 e. The molecule has 0 radical (unpaired) electrons. The van der Waals surface area contributed by atoms with Gasteiger partial charge in [0.05, 0.1) is 5.39 Å². The molecule has 0 aliphatic carbocycles. The highest BCUT2D eigenvalue weighted by Gasteiger charge is 2.09. The fourth-order valence-electron chi connectivity index (χ4n) is 1.85. The maximum atomic E-state index is 4.32. The standard InChI is InChI=1S/C11H11N5/c1-7-5-9-10(15-7)13-6-14-11(9)16-4-3-12-8(16)2/h3-6H,1-2H3,(H,13,14,15). The van der Waals surface area contributed by atoms with Crippen molar-refractivity contribution in [2.45, 2.75) is 13.8 Å². The predicted octanol–water partition coefficient (Wildman–Crippen LogP) is 1.76. The third kappa shape index (κ3) is 1.21. The van der Waals surface area contributed by atoms with Gasteiger partial charge in [0.25, 0.3) is 0 Å². The van der Waals surface area contributed by atoms with E-state index in [9.17, 15) is 0 Å². The van der Waals surface area contributed by atoms with E-state index in [1.807, 2.05) is 30.7 Å². The predicted molar refractivity (Wildman–Crippen MR) is 60.5 cm³/mol. The molecule has 0 atom stereocenters. The van der Waals surface area contributed by atoms with Gasteiger partial charge in [-0.3, -0.25) is 4.57 Å². The Hall–Kier alpha value is -2.17. The molecule has 0 fully saturated rings. The monoisotopic (exact) mass is 213 g/mol. The Labute approximate surface area is 92.2 Å². The molecule has 5 nitrogen and oxygen atoms in total. The van der Waals surface area contributed by atoms with Gasteiger partial charge in [0.1, 0.15) is 17.8 Å². The van der Waals surface area contributed by atoms with Crippen molar-refractivity contribution in [3.8, 4) is 5.82 Å². The zero-order valence-corrected chi connectivity index (χ0v) is 9.10. The quantitative estimate of drug-likeness (QED) is 0.670. The Morgan fingerprint density at radius 3 is 2.81 bits per heavy atom. The van der Waals surface area contributed by atoms with E-state index in [-0.39, 0.29) is 0 Å². The minimum atomic E-state index is 0.857. The molecular weight excluding hydrogens is 202 g/mol. The van der Waals surface area contributed by atoms with E-state index in [4.69, 9.17) is 0 Å². The minimum absolute atomic E-state index is 0.857. The van der Waals surface area contributed by atoms with Gasteiger partial charge in [0.15, 0.2) is 5.82 Å². The number of aromatic amines is 1. The average Bonchev–Trinajstić information content (AvgIpc) is 2.82. The Balaban J connectivity index is 2.35. The topological polar surface area (TPSA) is 59.4 Å². The summed E-state index contributed by atoms with van der Waals surface area (Å²) in [7, 11) is 0. The van der Waals surface area contributed by atoms with E-state index in [1.165, 1.54) is 0 Å². The summed E-state index contributed by atoms with van der Waals surface area (Å²) in [5, 5.41) is 1.01. The molecule has 16 heavy (non-hydrogen) atoms. The van der Waals surface area contributed by atoms with E-state index in [0.717, 1.165) is 28.4 Å². The largest absolute Gasteiger partial charge is 0.343 e. The minimum Gasteiger partial charge on any atom is -0.343 e. The number of aromatic nitrogens is 5. The third-order valence-electron chi connectivity index (χ3n) is 2.59. The summed E-state index contributed by atoms with van der Waals surface area (Å²) in [6, 6.07) is 2.05. The van der Waals surface area contributed by atoms with Crippen LogP contribution >= 0.6 is 0 Å². The number of nitrogens with one attached hydrogen (secondary N) is 1. The second-order valence-corrected chi connectivity index (χ2v) is 3.76. The van der Waals surface area contributed by atoms with Crippen LogP contribution in [0.3, 0.4) is 0 Å². The molecule has 3 aromatic rings. The van der Waals surface area contributed by atoms with Gasteiger partial charge in [0, 0.05) is 18.1 Å². The van der Waals surface area contributed by atoms with E-state index in [2.05, 4.69) is 19.9 Å². The first-order valence-electron chi connectivity index (χ1n) is 5.06. The molecule has 0 unspecified atom stereocenters. The van der Waals surface area contributed by atoms with Gasteiger partial charge < -0.3 is 4.98 Å². The fourth-order valence-corrected chi connectivity index (χ4v) is 1.85. The summed E-state index contributed by atoms with van der Waals surface area (Å²) in [4.78, 5) is 15.9. The van der Waals surface area contributed by atoms with Crippen molar-refractivity contribution in [2.75, 3.05) is 0 Å². The molecule has 3 rings (SSSR count).